The van der Waals surface area contributed by atoms with Crippen LogP contribution >= 0.6 is 11.8 Å². The van der Waals surface area contributed by atoms with Crippen molar-refractivity contribution in [1.82, 2.24) is 4.90 Å². The van der Waals surface area contributed by atoms with Gasteiger partial charge < -0.3 is 5.32 Å². The summed E-state index contributed by atoms with van der Waals surface area (Å²) in [6, 6.07) is 23.2. The summed E-state index contributed by atoms with van der Waals surface area (Å²) in [7, 11) is 0. The predicted octanol–water partition coefficient (Wildman–Crippen LogP) is 4.99. The molecule has 6 heteroatoms. The van der Waals surface area contributed by atoms with Crippen LogP contribution in [0.15, 0.2) is 90.4 Å². The Morgan fingerprint density at radius 3 is 2.57 bits per heavy atom. The summed E-state index contributed by atoms with van der Waals surface area (Å²) in [5.41, 5.74) is 1.48. The van der Waals surface area contributed by atoms with Gasteiger partial charge in [-0.15, -0.1) is 6.58 Å². The first-order valence-corrected chi connectivity index (χ1v) is 10.5. The maximum atomic E-state index is 12.9. The Kier molecular flexibility index (Phi) is 5.95. The lowest BCUT2D eigenvalue weighted by Gasteiger charge is -2.13. The van der Waals surface area contributed by atoms with E-state index >= 15 is 0 Å². The molecule has 0 bridgehead atoms. The minimum atomic E-state index is -0.507. The van der Waals surface area contributed by atoms with Crippen molar-refractivity contribution < 1.29 is 9.59 Å². The average Bonchev–Trinajstić information content (AvgIpc) is 3.03. The smallest absolute Gasteiger partial charge is 0.242 e. The van der Waals surface area contributed by atoms with Crippen molar-refractivity contribution in [3.05, 3.63) is 85.5 Å². The molecule has 0 spiro atoms. The highest BCUT2D eigenvalue weighted by atomic mass is 32.2. The molecule has 5 nitrogen and oxygen atoms in total. The number of fused-ring (bicyclic) bond motifs is 1. The molecule has 1 aliphatic heterocycles. The Balaban J connectivity index is 1.47. The van der Waals surface area contributed by atoms with Gasteiger partial charge in [0.2, 0.25) is 11.8 Å². The van der Waals surface area contributed by atoms with Gasteiger partial charge in [-0.2, -0.15) is 0 Å². The number of carbonyl (C=O) groups excluding carboxylic acids is 2. The number of anilines is 1. The summed E-state index contributed by atoms with van der Waals surface area (Å²) >= 11 is 1.32. The summed E-state index contributed by atoms with van der Waals surface area (Å²) in [6.07, 6.45) is 1.74. The number of aliphatic imine (C=N–C) groups is 1. The maximum Gasteiger partial charge on any atom is 0.242 e. The second kappa shape index (κ2) is 8.97. The van der Waals surface area contributed by atoms with E-state index < -0.39 is 5.25 Å². The third-order valence-electron chi connectivity index (χ3n) is 4.72. The van der Waals surface area contributed by atoms with E-state index in [0.717, 1.165) is 22.1 Å². The molecule has 0 unspecified atom stereocenters. The largest absolute Gasteiger partial charge is 0.326 e. The second-order valence-corrected chi connectivity index (χ2v) is 8.06. The van der Waals surface area contributed by atoms with Gasteiger partial charge in [-0.3, -0.25) is 14.5 Å². The van der Waals surface area contributed by atoms with Crippen LogP contribution < -0.4 is 5.32 Å². The zero-order valence-electron chi connectivity index (χ0n) is 16.3. The number of para-hydroxylation sites is 1. The zero-order chi connectivity index (χ0) is 20.9. The third-order valence-corrected chi connectivity index (χ3v) is 5.89. The highest BCUT2D eigenvalue weighted by Crippen LogP contribution is 2.32. The van der Waals surface area contributed by atoms with Crippen molar-refractivity contribution >= 4 is 50.9 Å². The molecule has 0 aliphatic carbocycles. The number of carbonyl (C=O) groups is 2. The summed E-state index contributed by atoms with van der Waals surface area (Å²) in [5.74, 6) is -0.320. The lowest BCUT2D eigenvalue weighted by atomic mass is 10.1. The number of rotatable bonds is 6. The first-order chi connectivity index (χ1) is 14.6. The quantitative estimate of drug-likeness (QED) is 0.577. The molecule has 30 heavy (non-hydrogen) atoms. The highest BCUT2D eigenvalue weighted by molar-refractivity contribution is 8.15. The normalized spacial score (nSPS) is 17.5. The average molecular weight is 416 g/mol. The fraction of sp³-hybridized carbons (Fsp3) is 0.125. The van der Waals surface area contributed by atoms with Gasteiger partial charge in [-0.25, -0.2) is 4.99 Å². The van der Waals surface area contributed by atoms with Gasteiger partial charge in [0.25, 0.3) is 0 Å². The molecule has 1 fully saturated rings. The van der Waals surface area contributed by atoms with Crippen molar-refractivity contribution in [2.45, 2.75) is 11.7 Å². The highest BCUT2D eigenvalue weighted by Gasteiger charge is 2.38. The number of hydrogen-bond acceptors (Lipinski definition) is 4. The van der Waals surface area contributed by atoms with Gasteiger partial charge in [-0.05, 0) is 35.0 Å². The molecular formula is C24H21N3O2S. The molecular weight excluding hydrogens is 394 g/mol. The molecule has 0 aromatic heterocycles. The standard InChI is InChI=1S/C24H21N3O2S/c1-2-14-27-23(29)21(30-24(27)26-19-10-4-3-5-11-19)16-22(28)25-20-13-12-17-8-6-7-9-18(17)15-20/h2-13,15,21H,1,14,16H2,(H,25,28)/t21-/m0/s1. The Hall–Kier alpha value is -3.38. The van der Waals surface area contributed by atoms with Crippen molar-refractivity contribution in [3.8, 4) is 0 Å². The van der Waals surface area contributed by atoms with Crippen LogP contribution in [0.1, 0.15) is 6.42 Å². The number of thioether (sulfide) groups is 1. The Labute approximate surface area is 179 Å². The van der Waals surface area contributed by atoms with E-state index in [4.69, 9.17) is 0 Å². The Morgan fingerprint density at radius 1 is 1.07 bits per heavy atom. The van der Waals surface area contributed by atoms with Crippen molar-refractivity contribution in [1.29, 1.82) is 0 Å². The van der Waals surface area contributed by atoms with Crippen LogP contribution in [-0.2, 0) is 9.59 Å². The molecule has 1 atom stereocenters. The van der Waals surface area contributed by atoms with Gasteiger partial charge in [0, 0.05) is 18.7 Å². The number of amidine groups is 1. The zero-order valence-corrected chi connectivity index (χ0v) is 17.1. The number of nitrogens with zero attached hydrogens (tertiary/aromatic N) is 2. The van der Waals surface area contributed by atoms with Gasteiger partial charge in [0.1, 0.15) is 5.25 Å². The molecule has 0 radical (unpaired) electrons. The lowest BCUT2D eigenvalue weighted by Crippen LogP contribution is -2.33. The van der Waals surface area contributed by atoms with Crippen LogP contribution in [-0.4, -0.2) is 33.7 Å². The minimum absolute atomic E-state index is 0.0811. The van der Waals surface area contributed by atoms with Gasteiger partial charge in [0.15, 0.2) is 5.17 Å². The van der Waals surface area contributed by atoms with E-state index in [1.165, 1.54) is 11.8 Å². The summed E-state index contributed by atoms with van der Waals surface area (Å²) in [6.45, 7) is 4.09. The fourth-order valence-electron chi connectivity index (χ4n) is 3.28. The van der Waals surface area contributed by atoms with E-state index in [2.05, 4.69) is 16.9 Å². The molecule has 1 aliphatic rings. The van der Waals surface area contributed by atoms with Crippen LogP contribution in [0.3, 0.4) is 0 Å². The predicted molar refractivity (Wildman–Crippen MR) is 124 cm³/mol. The first kappa shape index (κ1) is 19.9. The van der Waals surface area contributed by atoms with Gasteiger partial charge in [0.05, 0.1) is 5.69 Å². The van der Waals surface area contributed by atoms with E-state index in [9.17, 15) is 9.59 Å². The molecule has 3 aromatic carbocycles. The van der Waals surface area contributed by atoms with Crippen molar-refractivity contribution in [2.75, 3.05) is 11.9 Å². The molecule has 3 aromatic rings. The Bertz CT molecular complexity index is 1130. The van der Waals surface area contributed by atoms with Crippen LogP contribution in [0.5, 0.6) is 0 Å². The number of hydrogen-bond donors (Lipinski definition) is 1. The first-order valence-electron chi connectivity index (χ1n) is 9.65. The number of amides is 2. The molecule has 4 rings (SSSR count). The molecule has 0 saturated carbocycles. The number of benzene rings is 3. The summed E-state index contributed by atoms with van der Waals surface area (Å²) < 4.78 is 0. The van der Waals surface area contributed by atoms with E-state index in [-0.39, 0.29) is 18.2 Å². The monoisotopic (exact) mass is 415 g/mol. The van der Waals surface area contributed by atoms with E-state index in [0.29, 0.717) is 11.7 Å². The minimum Gasteiger partial charge on any atom is -0.326 e. The van der Waals surface area contributed by atoms with Crippen molar-refractivity contribution in [2.24, 2.45) is 4.99 Å². The summed E-state index contributed by atoms with van der Waals surface area (Å²) in [5, 5.41) is 5.16. The van der Waals surface area contributed by atoms with Crippen LogP contribution in [0, 0.1) is 0 Å². The molecule has 1 saturated heterocycles. The Morgan fingerprint density at radius 2 is 1.80 bits per heavy atom. The fourth-order valence-corrected chi connectivity index (χ4v) is 4.45. The summed E-state index contributed by atoms with van der Waals surface area (Å²) in [4.78, 5) is 31.7. The van der Waals surface area contributed by atoms with Crippen LogP contribution in [0.4, 0.5) is 11.4 Å². The second-order valence-electron chi connectivity index (χ2n) is 6.89. The van der Waals surface area contributed by atoms with Crippen LogP contribution in [0.25, 0.3) is 10.8 Å². The van der Waals surface area contributed by atoms with E-state index in [1.54, 1.807) is 11.0 Å². The lowest BCUT2D eigenvalue weighted by molar-refractivity contribution is -0.127. The van der Waals surface area contributed by atoms with Crippen LogP contribution in [0.2, 0.25) is 0 Å². The molecule has 1 N–H and O–H groups in total. The molecule has 1 heterocycles. The maximum absolute atomic E-state index is 12.9. The van der Waals surface area contributed by atoms with E-state index in [1.807, 2.05) is 72.8 Å². The topological polar surface area (TPSA) is 61.8 Å². The van der Waals surface area contributed by atoms with Gasteiger partial charge >= 0.3 is 0 Å². The molecule has 150 valence electrons. The SMILES string of the molecule is C=CCN1C(=O)[C@H](CC(=O)Nc2ccc3ccccc3c2)SC1=Nc1ccccc1. The number of nitrogens with one attached hydrogen (secondary N) is 1. The molecule has 2 amide bonds. The third kappa shape index (κ3) is 4.44. The van der Waals surface area contributed by atoms with Gasteiger partial charge in [-0.1, -0.05) is 66.4 Å². The van der Waals surface area contributed by atoms with Crippen molar-refractivity contribution in [3.63, 3.8) is 0 Å².